The van der Waals surface area contributed by atoms with Crippen LogP contribution in [0.3, 0.4) is 0 Å². The summed E-state index contributed by atoms with van der Waals surface area (Å²) in [4.78, 5) is 10.9. The van der Waals surface area contributed by atoms with E-state index in [-0.39, 0.29) is 5.56 Å². The zero-order valence-electron chi connectivity index (χ0n) is 8.69. The molecule has 0 bridgehead atoms. The summed E-state index contributed by atoms with van der Waals surface area (Å²) in [5.41, 5.74) is 1.27. The molecule has 1 fully saturated rings. The van der Waals surface area contributed by atoms with Crippen LogP contribution in [0.4, 0.5) is 0 Å². The number of aromatic carboxylic acids is 1. The molecule has 0 saturated heterocycles. The van der Waals surface area contributed by atoms with Crippen LogP contribution in [0, 0.1) is 12.8 Å². The van der Waals surface area contributed by atoms with Gasteiger partial charge in [-0.3, -0.25) is 0 Å². The Bertz CT molecular complexity index is 380. The largest absolute Gasteiger partial charge is 0.492 e. The summed E-state index contributed by atoms with van der Waals surface area (Å²) in [6.07, 6.45) is 2.41. The van der Waals surface area contributed by atoms with E-state index >= 15 is 0 Å². The first-order chi connectivity index (χ1) is 7.16. The van der Waals surface area contributed by atoms with Gasteiger partial charge in [-0.1, -0.05) is 6.07 Å². The number of rotatable bonds is 4. The Balaban J connectivity index is 2.16. The van der Waals surface area contributed by atoms with E-state index in [1.807, 2.05) is 6.92 Å². The second kappa shape index (κ2) is 3.93. The van der Waals surface area contributed by atoms with E-state index in [9.17, 15) is 4.79 Å². The lowest BCUT2D eigenvalue weighted by molar-refractivity contribution is 0.0692. The zero-order valence-corrected chi connectivity index (χ0v) is 8.69. The third-order valence-corrected chi connectivity index (χ3v) is 2.54. The summed E-state index contributed by atoms with van der Waals surface area (Å²) in [7, 11) is 0. The third-order valence-electron chi connectivity index (χ3n) is 2.54. The van der Waals surface area contributed by atoms with Crippen molar-refractivity contribution in [2.75, 3.05) is 6.61 Å². The van der Waals surface area contributed by atoms with Crippen LogP contribution in [0.15, 0.2) is 18.2 Å². The van der Waals surface area contributed by atoms with Crippen molar-refractivity contribution in [3.8, 4) is 5.75 Å². The minimum Gasteiger partial charge on any atom is -0.492 e. The molecule has 0 unspecified atom stereocenters. The molecule has 1 saturated carbocycles. The number of aryl methyl sites for hydroxylation is 1. The highest BCUT2D eigenvalue weighted by Crippen LogP contribution is 2.30. The molecule has 2 rings (SSSR count). The average Bonchev–Trinajstić information content (AvgIpc) is 2.97. The summed E-state index contributed by atoms with van der Waals surface area (Å²) in [5, 5.41) is 8.96. The minimum atomic E-state index is -0.930. The maximum absolute atomic E-state index is 10.9. The molecule has 0 aliphatic heterocycles. The lowest BCUT2D eigenvalue weighted by Gasteiger charge is -2.09. The highest BCUT2D eigenvalue weighted by atomic mass is 16.5. The predicted octanol–water partition coefficient (Wildman–Crippen LogP) is 2.48. The maximum atomic E-state index is 10.9. The molecule has 3 heteroatoms. The second-order valence-corrected chi connectivity index (χ2v) is 4.06. The van der Waals surface area contributed by atoms with Gasteiger partial charge in [0.1, 0.15) is 11.3 Å². The molecule has 0 atom stereocenters. The Morgan fingerprint density at radius 3 is 2.87 bits per heavy atom. The van der Waals surface area contributed by atoms with E-state index in [2.05, 4.69) is 0 Å². The van der Waals surface area contributed by atoms with Crippen molar-refractivity contribution >= 4 is 5.97 Å². The maximum Gasteiger partial charge on any atom is 0.339 e. The van der Waals surface area contributed by atoms with Crippen LogP contribution >= 0.6 is 0 Å². The fourth-order valence-corrected chi connectivity index (χ4v) is 1.42. The quantitative estimate of drug-likeness (QED) is 0.823. The normalized spacial score (nSPS) is 15.0. The van der Waals surface area contributed by atoms with Crippen LogP contribution in [0.5, 0.6) is 5.75 Å². The molecule has 80 valence electrons. The smallest absolute Gasteiger partial charge is 0.339 e. The lowest BCUT2D eigenvalue weighted by atomic mass is 10.1. The van der Waals surface area contributed by atoms with Crippen LogP contribution in [0.2, 0.25) is 0 Å². The molecule has 1 aliphatic rings. The molecule has 1 aromatic rings. The van der Waals surface area contributed by atoms with E-state index in [4.69, 9.17) is 9.84 Å². The van der Waals surface area contributed by atoms with Crippen LogP contribution < -0.4 is 4.74 Å². The summed E-state index contributed by atoms with van der Waals surface area (Å²) in [6, 6.07) is 5.17. The first-order valence-corrected chi connectivity index (χ1v) is 5.13. The number of carbonyl (C=O) groups is 1. The minimum absolute atomic E-state index is 0.251. The van der Waals surface area contributed by atoms with Crippen molar-refractivity contribution in [1.82, 2.24) is 0 Å². The molecular formula is C12H14O3. The fourth-order valence-electron chi connectivity index (χ4n) is 1.42. The SMILES string of the molecule is Cc1ccc(C(=O)O)c(OCC2CC2)c1. The van der Waals surface area contributed by atoms with Crippen LogP contribution in [0.25, 0.3) is 0 Å². The van der Waals surface area contributed by atoms with Gasteiger partial charge in [0.15, 0.2) is 0 Å². The monoisotopic (exact) mass is 206 g/mol. The Kier molecular flexibility index (Phi) is 2.62. The van der Waals surface area contributed by atoms with Gasteiger partial charge in [-0.05, 0) is 43.4 Å². The van der Waals surface area contributed by atoms with E-state index in [1.54, 1.807) is 18.2 Å². The molecule has 0 heterocycles. The van der Waals surface area contributed by atoms with Gasteiger partial charge >= 0.3 is 5.97 Å². The van der Waals surface area contributed by atoms with Crippen molar-refractivity contribution in [2.45, 2.75) is 19.8 Å². The molecule has 15 heavy (non-hydrogen) atoms. The summed E-state index contributed by atoms with van der Waals surface area (Å²) in [6.45, 7) is 2.57. The summed E-state index contributed by atoms with van der Waals surface area (Å²) >= 11 is 0. The fraction of sp³-hybridized carbons (Fsp3) is 0.417. The van der Waals surface area contributed by atoms with Gasteiger partial charge in [-0.2, -0.15) is 0 Å². The van der Waals surface area contributed by atoms with Crippen LogP contribution in [-0.4, -0.2) is 17.7 Å². The van der Waals surface area contributed by atoms with Crippen LogP contribution in [-0.2, 0) is 0 Å². The molecule has 0 amide bonds. The van der Waals surface area contributed by atoms with Crippen molar-refractivity contribution in [1.29, 1.82) is 0 Å². The van der Waals surface area contributed by atoms with E-state index in [0.29, 0.717) is 18.3 Å². The average molecular weight is 206 g/mol. The summed E-state index contributed by atoms with van der Waals surface area (Å²) in [5.74, 6) is 0.197. The van der Waals surface area contributed by atoms with E-state index in [0.717, 1.165) is 5.56 Å². The Morgan fingerprint density at radius 1 is 1.53 bits per heavy atom. The number of benzene rings is 1. The summed E-state index contributed by atoms with van der Waals surface area (Å²) < 4.78 is 5.52. The molecule has 1 N–H and O–H groups in total. The number of carboxylic acids is 1. The van der Waals surface area contributed by atoms with E-state index in [1.165, 1.54) is 12.8 Å². The highest BCUT2D eigenvalue weighted by Gasteiger charge is 2.23. The molecule has 1 aromatic carbocycles. The molecule has 0 spiro atoms. The number of ether oxygens (including phenoxy) is 1. The van der Waals surface area contributed by atoms with Crippen molar-refractivity contribution in [2.24, 2.45) is 5.92 Å². The zero-order chi connectivity index (χ0) is 10.8. The van der Waals surface area contributed by atoms with Gasteiger partial charge < -0.3 is 9.84 Å². The molecule has 0 aromatic heterocycles. The van der Waals surface area contributed by atoms with E-state index < -0.39 is 5.97 Å². The van der Waals surface area contributed by atoms with Crippen molar-refractivity contribution < 1.29 is 14.6 Å². The van der Waals surface area contributed by atoms with Crippen molar-refractivity contribution in [3.05, 3.63) is 29.3 Å². The Hall–Kier alpha value is -1.51. The molecular weight excluding hydrogens is 192 g/mol. The van der Waals surface area contributed by atoms with Gasteiger partial charge in [-0.15, -0.1) is 0 Å². The Morgan fingerprint density at radius 2 is 2.27 bits per heavy atom. The van der Waals surface area contributed by atoms with Gasteiger partial charge in [0.25, 0.3) is 0 Å². The topological polar surface area (TPSA) is 46.5 Å². The number of hydrogen-bond acceptors (Lipinski definition) is 2. The predicted molar refractivity (Wildman–Crippen MR) is 56.4 cm³/mol. The van der Waals surface area contributed by atoms with Crippen LogP contribution in [0.1, 0.15) is 28.8 Å². The first kappa shape index (κ1) is 10.0. The third kappa shape index (κ3) is 2.49. The molecule has 1 aliphatic carbocycles. The van der Waals surface area contributed by atoms with Crippen molar-refractivity contribution in [3.63, 3.8) is 0 Å². The first-order valence-electron chi connectivity index (χ1n) is 5.13. The molecule has 0 radical (unpaired) electrons. The van der Waals surface area contributed by atoms with Gasteiger partial charge in [0.2, 0.25) is 0 Å². The molecule has 3 nitrogen and oxygen atoms in total. The van der Waals surface area contributed by atoms with Gasteiger partial charge in [0, 0.05) is 0 Å². The Labute approximate surface area is 88.7 Å². The number of hydrogen-bond donors (Lipinski definition) is 1. The second-order valence-electron chi connectivity index (χ2n) is 4.06. The standard InChI is InChI=1S/C12H14O3/c1-8-2-5-10(12(13)14)11(6-8)15-7-9-3-4-9/h2,5-6,9H,3-4,7H2,1H3,(H,13,14). The van der Waals surface area contributed by atoms with Gasteiger partial charge in [-0.25, -0.2) is 4.79 Å². The highest BCUT2D eigenvalue weighted by molar-refractivity contribution is 5.90. The lowest BCUT2D eigenvalue weighted by Crippen LogP contribution is -2.05. The number of carboxylic acid groups (broad SMARTS) is 1. The van der Waals surface area contributed by atoms with Gasteiger partial charge in [0.05, 0.1) is 6.61 Å².